The highest BCUT2D eigenvalue weighted by molar-refractivity contribution is 6.30. The maximum absolute atomic E-state index is 12.1. The van der Waals surface area contributed by atoms with Crippen molar-refractivity contribution in [2.45, 2.75) is 25.3 Å². The van der Waals surface area contributed by atoms with Gasteiger partial charge in [0.1, 0.15) is 6.04 Å². The summed E-state index contributed by atoms with van der Waals surface area (Å²) in [6, 6.07) is 17.1. The number of amides is 1. The third kappa shape index (κ3) is 4.92. The summed E-state index contributed by atoms with van der Waals surface area (Å²) in [6.07, 6.45) is 2.31. The summed E-state index contributed by atoms with van der Waals surface area (Å²) in [5.41, 5.74) is 2.83. The lowest BCUT2D eigenvalue weighted by atomic mass is 10.0. The Morgan fingerprint density at radius 3 is 2.55 bits per heavy atom. The molecule has 0 bridgehead atoms. The van der Waals surface area contributed by atoms with E-state index in [1.165, 1.54) is 0 Å². The predicted octanol–water partition coefficient (Wildman–Crippen LogP) is 4.18. The lowest BCUT2D eigenvalue weighted by Gasteiger charge is -2.24. The van der Waals surface area contributed by atoms with Gasteiger partial charge in [-0.25, -0.2) is 4.68 Å². The van der Waals surface area contributed by atoms with Crippen molar-refractivity contribution >= 4 is 41.1 Å². The predicted molar refractivity (Wildman–Crippen MR) is 118 cm³/mol. The Bertz CT molecular complexity index is 1130. The van der Waals surface area contributed by atoms with Crippen LogP contribution in [0.2, 0.25) is 5.02 Å². The minimum Gasteiger partial charge on any atom is -0.481 e. The first kappa shape index (κ1) is 20.6. The molecule has 0 radical (unpaired) electrons. The second kappa shape index (κ2) is 9.01. The Balaban J connectivity index is 1.61. The van der Waals surface area contributed by atoms with Gasteiger partial charge in [-0.3, -0.25) is 14.9 Å². The van der Waals surface area contributed by atoms with Crippen LogP contribution in [0.15, 0.2) is 60.7 Å². The number of nitrogens with zero attached hydrogens (tertiary/aromatic N) is 3. The van der Waals surface area contributed by atoms with Gasteiger partial charge in [-0.2, -0.15) is 4.98 Å². The molecular weight excluding hydrogens is 418 g/mol. The number of allylic oxidation sites excluding steroid dienone is 1. The van der Waals surface area contributed by atoms with E-state index in [0.29, 0.717) is 11.0 Å². The number of carbonyl (C=O) groups is 2. The summed E-state index contributed by atoms with van der Waals surface area (Å²) in [6.45, 7) is 0. The summed E-state index contributed by atoms with van der Waals surface area (Å²) in [5.74, 6) is -0.618. The van der Waals surface area contributed by atoms with Crippen LogP contribution in [-0.2, 0) is 9.59 Å². The number of nitrogens with one attached hydrogen (secondary N) is 2. The zero-order valence-electron chi connectivity index (χ0n) is 16.5. The largest absolute Gasteiger partial charge is 0.481 e. The van der Waals surface area contributed by atoms with E-state index in [0.717, 1.165) is 16.8 Å². The van der Waals surface area contributed by atoms with Gasteiger partial charge in [0.15, 0.2) is 0 Å². The van der Waals surface area contributed by atoms with Gasteiger partial charge in [-0.1, -0.05) is 54.1 Å². The number of hydrogen-bond acceptors (Lipinski definition) is 5. The Labute approximate surface area is 183 Å². The molecular formula is C22H20ClN5O3. The van der Waals surface area contributed by atoms with Gasteiger partial charge in [0.2, 0.25) is 11.9 Å². The van der Waals surface area contributed by atoms with Crippen molar-refractivity contribution in [2.24, 2.45) is 0 Å². The fourth-order valence-corrected chi connectivity index (χ4v) is 3.44. The van der Waals surface area contributed by atoms with Crippen molar-refractivity contribution in [3.63, 3.8) is 0 Å². The molecule has 3 aromatic rings. The molecule has 0 aliphatic carbocycles. The topological polar surface area (TPSA) is 109 Å². The molecule has 2 aromatic carbocycles. The highest BCUT2D eigenvalue weighted by Crippen LogP contribution is 2.33. The first-order valence-corrected chi connectivity index (χ1v) is 10.2. The van der Waals surface area contributed by atoms with Crippen LogP contribution in [0, 0.1) is 0 Å². The van der Waals surface area contributed by atoms with Crippen molar-refractivity contribution in [1.29, 1.82) is 0 Å². The minimum absolute atomic E-state index is 0.0644. The maximum atomic E-state index is 12.1. The average Bonchev–Trinajstić information content (AvgIpc) is 3.16. The number of carbonyl (C=O) groups excluding carboxylic acids is 1. The number of rotatable bonds is 7. The molecule has 4 rings (SSSR count). The Morgan fingerprint density at radius 1 is 1.10 bits per heavy atom. The quantitative estimate of drug-likeness (QED) is 0.511. The van der Waals surface area contributed by atoms with Crippen LogP contribution >= 0.6 is 11.6 Å². The number of anilines is 2. The molecule has 31 heavy (non-hydrogen) atoms. The minimum atomic E-state index is -0.932. The van der Waals surface area contributed by atoms with Gasteiger partial charge in [0.05, 0.1) is 0 Å². The molecule has 0 fully saturated rings. The van der Waals surface area contributed by atoms with E-state index < -0.39 is 5.97 Å². The van der Waals surface area contributed by atoms with Crippen molar-refractivity contribution in [1.82, 2.24) is 14.8 Å². The average molecular weight is 438 g/mol. The van der Waals surface area contributed by atoms with E-state index in [4.69, 9.17) is 16.7 Å². The van der Waals surface area contributed by atoms with Crippen LogP contribution in [0.4, 0.5) is 11.9 Å². The van der Waals surface area contributed by atoms with Crippen LogP contribution in [0.3, 0.4) is 0 Å². The first-order valence-electron chi connectivity index (χ1n) is 9.77. The van der Waals surface area contributed by atoms with Gasteiger partial charge in [-0.15, -0.1) is 5.10 Å². The molecule has 0 saturated heterocycles. The Morgan fingerprint density at radius 2 is 1.84 bits per heavy atom. The maximum Gasteiger partial charge on any atom is 0.303 e. The number of fused-ring (bicyclic) bond motifs is 1. The van der Waals surface area contributed by atoms with E-state index in [1.807, 2.05) is 60.7 Å². The normalized spacial score (nSPS) is 14.9. The van der Waals surface area contributed by atoms with E-state index in [-0.39, 0.29) is 37.2 Å². The first-order chi connectivity index (χ1) is 15.0. The number of carboxylic acids is 1. The van der Waals surface area contributed by atoms with Gasteiger partial charge in [0, 0.05) is 23.6 Å². The fraction of sp³-hybridized carbons (Fsp3) is 0.182. The number of aromatic nitrogens is 3. The van der Waals surface area contributed by atoms with Crippen molar-refractivity contribution in [3.8, 4) is 0 Å². The van der Waals surface area contributed by atoms with Crippen LogP contribution in [0.25, 0.3) is 5.70 Å². The molecule has 9 heteroatoms. The number of carboxylic acid groups (broad SMARTS) is 1. The molecule has 1 aliphatic heterocycles. The molecule has 0 spiro atoms. The van der Waals surface area contributed by atoms with Crippen LogP contribution in [0.1, 0.15) is 36.4 Å². The van der Waals surface area contributed by atoms with E-state index in [9.17, 15) is 9.59 Å². The summed E-state index contributed by atoms with van der Waals surface area (Å²) < 4.78 is 1.70. The fourth-order valence-electron chi connectivity index (χ4n) is 3.32. The van der Waals surface area contributed by atoms with Gasteiger partial charge in [0.25, 0.3) is 5.95 Å². The smallest absolute Gasteiger partial charge is 0.303 e. The van der Waals surface area contributed by atoms with E-state index >= 15 is 0 Å². The Kier molecular flexibility index (Phi) is 5.99. The monoisotopic (exact) mass is 437 g/mol. The second-order valence-electron chi connectivity index (χ2n) is 7.07. The third-order valence-corrected chi connectivity index (χ3v) is 5.06. The molecule has 1 unspecified atom stereocenters. The van der Waals surface area contributed by atoms with E-state index in [1.54, 1.807) is 4.68 Å². The van der Waals surface area contributed by atoms with Gasteiger partial charge < -0.3 is 10.4 Å². The standard InChI is InChI=1S/C22H20ClN5O3/c23-16-11-9-15(10-12-16)18-13-17(14-5-2-1-3-6-14)24-22-26-21(27-28(18)22)25-19(29)7-4-8-20(30)31/h1-3,5-6,9-13,18H,4,7-8H2,(H,30,31)(H2,24,25,26,27,29). The molecule has 1 aliphatic rings. The summed E-state index contributed by atoms with van der Waals surface area (Å²) in [5, 5.41) is 19.7. The molecule has 8 nitrogen and oxygen atoms in total. The lowest BCUT2D eigenvalue weighted by Crippen LogP contribution is -2.20. The SMILES string of the molecule is O=C(O)CCCC(=O)Nc1nc2n(n1)C(c1ccc(Cl)cc1)C=C(c1ccccc1)N2. The number of benzene rings is 2. The van der Waals surface area contributed by atoms with Crippen LogP contribution < -0.4 is 10.6 Å². The molecule has 158 valence electrons. The molecule has 1 atom stereocenters. The molecule has 0 saturated carbocycles. The summed E-state index contributed by atoms with van der Waals surface area (Å²) in [4.78, 5) is 27.2. The van der Waals surface area contributed by atoms with E-state index in [2.05, 4.69) is 20.7 Å². The highest BCUT2D eigenvalue weighted by atomic mass is 35.5. The zero-order chi connectivity index (χ0) is 21.8. The molecule has 3 N–H and O–H groups in total. The number of aliphatic carboxylic acids is 1. The van der Waals surface area contributed by atoms with Crippen LogP contribution in [0.5, 0.6) is 0 Å². The summed E-state index contributed by atoms with van der Waals surface area (Å²) in [7, 11) is 0. The highest BCUT2D eigenvalue weighted by Gasteiger charge is 2.25. The zero-order valence-corrected chi connectivity index (χ0v) is 17.2. The number of hydrogen-bond donors (Lipinski definition) is 3. The third-order valence-electron chi connectivity index (χ3n) is 4.81. The Hall–Kier alpha value is -3.65. The molecule has 2 heterocycles. The van der Waals surface area contributed by atoms with Crippen molar-refractivity contribution < 1.29 is 14.7 Å². The number of halogens is 1. The van der Waals surface area contributed by atoms with Crippen molar-refractivity contribution in [3.05, 3.63) is 76.8 Å². The molecule has 1 aromatic heterocycles. The summed E-state index contributed by atoms with van der Waals surface area (Å²) >= 11 is 6.05. The second-order valence-corrected chi connectivity index (χ2v) is 7.50. The van der Waals surface area contributed by atoms with Crippen LogP contribution in [-0.4, -0.2) is 31.7 Å². The van der Waals surface area contributed by atoms with Gasteiger partial charge in [-0.05, 0) is 35.8 Å². The van der Waals surface area contributed by atoms with Gasteiger partial charge >= 0.3 is 5.97 Å². The molecule has 1 amide bonds. The van der Waals surface area contributed by atoms with Crippen molar-refractivity contribution in [2.75, 3.05) is 10.6 Å². The lowest BCUT2D eigenvalue weighted by molar-refractivity contribution is -0.137.